The van der Waals surface area contributed by atoms with E-state index in [0.717, 1.165) is 0 Å². The van der Waals surface area contributed by atoms with Gasteiger partial charge in [0, 0.05) is 18.2 Å². The third kappa shape index (κ3) is 3.44. The van der Waals surface area contributed by atoms with Gasteiger partial charge in [0.15, 0.2) is 11.6 Å². The van der Waals surface area contributed by atoms with E-state index in [1.165, 1.54) is 7.11 Å². The smallest absolute Gasteiger partial charge is 0.233 e. The van der Waals surface area contributed by atoms with Gasteiger partial charge in [0.25, 0.3) is 0 Å². The van der Waals surface area contributed by atoms with Gasteiger partial charge in [0.2, 0.25) is 5.91 Å². The van der Waals surface area contributed by atoms with Gasteiger partial charge in [0.05, 0.1) is 13.7 Å². The molecule has 0 fully saturated rings. The molecule has 1 amide bonds. The van der Waals surface area contributed by atoms with Crippen LogP contribution in [-0.2, 0) is 11.4 Å². The van der Waals surface area contributed by atoms with Gasteiger partial charge >= 0.3 is 0 Å². The highest BCUT2D eigenvalue weighted by Crippen LogP contribution is 2.30. The summed E-state index contributed by atoms with van der Waals surface area (Å²) in [7, 11) is 1.52. The van der Waals surface area contributed by atoms with Crippen LogP contribution in [0, 0.1) is 5.41 Å². The molecule has 0 aliphatic heterocycles. The van der Waals surface area contributed by atoms with E-state index in [0.29, 0.717) is 23.7 Å². The Morgan fingerprint density at radius 3 is 2.53 bits per heavy atom. The van der Waals surface area contributed by atoms with Crippen LogP contribution in [0.2, 0.25) is 0 Å². The Morgan fingerprint density at radius 2 is 2.11 bits per heavy atom. The lowest BCUT2D eigenvalue weighted by atomic mass is 9.94. The molecular weight excluding hydrogens is 244 g/mol. The molecule has 0 saturated heterocycles. The van der Waals surface area contributed by atoms with Crippen LogP contribution in [0.4, 0.5) is 5.82 Å². The molecule has 1 N–H and O–H groups in total. The van der Waals surface area contributed by atoms with E-state index < -0.39 is 5.41 Å². The van der Waals surface area contributed by atoms with Gasteiger partial charge in [-0.1, -0.05) is 20.8 Å². The van der Waals surface area contributed by atoms with Crippen molar-refractivity contribution in [2.24, 2.45) is 5.41 Å². The molecular formula is C14H22N2O3. The number of carbonyl (C=O) groups is 1. The summed E-state index contributed by atoms with van der Waals surface area (Å²) in [5.74, 6) is 0.964. The first-order chi connectivity index (χ1) is 8.85. The molecule has 0 atom stereocenters. The number of ether oxygens (including phenoxy) is 1. The number of hydrogen-bond acceptors (Lipinski definition) is 4. The number of anilines is 1. The Hall–Kier alpha value is -1.62. The first-order valence-corrected chi connectivity index (χ1v) is 6.30. The number of pyridine rings is 1. The lowest BCUT2D eigenvalue weighted by Crippen LogP contribution is -2.40. The zero-order chi connectivity index (χ0) is 14.6. The Balaban J connectivity index is 3.22. The quantitative estimate of drug-likeness (QED) is 0.905. The maximum absolute atomic E-state index is 12.4. The molecule has 106 valence electrons. The molecule has 19 heavy (non-hydrogen) atoms. The number of amides is 1. The summed E-state index contributed by atoms with van der Waals surface area (Å²) < 4.78 is 5.27. The second-order valence-corrected chi connectivity index (χ2v) is 5.33. The van der Waals surface area contributed by atoms with Crippen molar-refractivity contribution in [3.8, 4) is 5.75 Å². The maximum atomic E-state index is 12.4. The number of nitrogens with zero attached hydrogens (tertiary/aromatic N) is 2. The predicted octanol–water partition coefficient (Wildman–Crippen LogP) is 1.98. The van der Waals surface area contributed by atoms with Crippen molar-refractivity contribution < 1.29 is 14.6 Å². The monoisotopic (exact) mass is 266 g/mol. The first-order valence-electron chi connectivity index (χ1n) is 6.30. The molecule has 0 aliphatic rings. The number of rotatable bonds is 4. The van der Waals surface area contributed by atoms with Crippen LogP contribution < -0.4 is 9.64 Å². The van der Waals surface area contributed by atoms with Crippen LogP contribution in [0.25, 0.3) is 0 Å². The Kier molecular flexibility index (Phi) is 4.89. The van der Waals surface area contributed by atoms with Gasteiger partial charge in [-0.25, -0.2) is 4.98 Å². The standard InChI is InChI=1S/C14H22N2O3/c1-6-16(13(18)14(2,3)4)12-11(19-5)7-10(9-17)8-15-12/h7-8,17H,6,9H2,1-5H3. The minimum absolute atomic E-state index is 0.0162. The molecule has 0 spiro atoms. The van der Waals surface area contributed by atoms with E-state index in [2.05, 4.69) is 4.98 Å². The molecule has 5 nitrogen and oxygen atoms in total. The van der Waals surface area contributed by atoms with Gasteiger partial charge in [-0.2, -0.15) is 0 Å². The molecule has 1 aromatic rings. The second kappa shape index (κ2) is 6.02. The van der Waals surface area contributed by atoms with Gasteiger partial charge in [0.1, 0.15) is 0 Å². The molecule has 0 aliphatic carbocycles. The average molecular weight is 266 g/mol. The van der Waals surface area contributed by atoms with Crippen molar-refractivity contribution >= 4 is 11.7 Å². The summed E-state index contributed by atoms with van der Waals surface area (Å²) in [6.45, 7) is 7.90. The van der Waals surface area contributed by atoms with Crippen LogP contribution in [0.15, 0.2) is 12.3 Å². The van der Waals surface area contributed by atoms with E-state index in [4.69, 9.17) is 9.84 Å². The Bertz CT molecular complexity index is 452. The molecule has 1 aromatic heterocycles. The predicted molar refractivity (Wildman–Crippen MR) is 74.2 cm³/mol. The van der Waals surface area contributed by atoms with Crippen molar-refractivity contribution in [1.29, 1.82) is 0 Å². The third-order valence-corrected chi connectivity index (χ3v) is 2.75. The summed E-state index contributed by atoms with van der Waals surface area (Å²) >= 11 is 0. The fourth-order valence-corrected chi connectivity index (χ4v) is 1.71. The van der Waals surface area contributed by atoms with E-state index in [-0.39, 0.29) is 12.5 Å². The van der Waals surface area contributed by atoms with Crippen LogP contribution in [0.3, 0.4) is 0 Å². The Labute approximate surface area is 114 Å². The summed E-state index contributed by atoms with van der Waals surface area (Å²) in [5, 5.41) is 9.11. The van der Waals surface area contributed by atoms with Gasteiger partial charge < -0.3 is 9.84 Å². The average Bonchev–Trinajstić information content (AvgIpc) is 2.38. The fraction of sp³-hybridized carbons (Fsp3) is 0.571. The SMILES string of the molecule is CCN(C(=O)C(C)(C)C)c1ncc(CO)cc1OC. The van der Waals surface area contributed by atoms with Crippen LogP contribution in [-0.4, -0.2) is 29.7 Å². The number of aliphatic hydroxyl groups is 1. The maximum Gasteiger partial charge on any atom is 0.233 e. The van der Waals surface area contributed by atoms with Crippen LogP contribution in [0.5, 0.6) is 5.75 Å². The van der Waals surface area contributed by atoms with Crippen LogP contribution >= 0.6 is 0 Å². The summed E-state index contributed by atoms with van der Waals surface area (Å²) in [4.78, 5) is 18.2. The minimum Gasteiger partial charge on any atom is -0.493 e. The highest BCUT2D eigenvalue weighted by atomic mass is 16.5. The van der Waals surface area contributed by atoms with E-state index in [1.54, 1.807) is 17.2 Å². The van der Waals surface area contributed by atoms with Crippen molar-refractivity contribution in [3.05, 3.63) is 17.8 Å². The van der Waals surface area contributed by atoms with Gasteiger partial charge in [-0.15, -0.1) is 0 Å². The van der Waals surface area contributed by atoms with Gasteiger partial charge in [-0.05, 0) is 18.6 Å². The lowest BCUT2D eigenvalue weighted by Gasteiger charge is -2.28. The molecule has 0 unspecified atom stereocenters. The van der Waals surface area contributed by atoms with E-state index >= 15 is 0 Å². The molecule has 0 radical (unpaired) electrons. The van der Waals surface area contributed by atoms with E-state index in [9.17, 15) is 4.79 Å². The molecule has 5 heteroatoms. The second-order valence-electron chi connectivity index (χ2n) is 5.33. The third-order valence-electron chi connectivity index (χ3n) is 2.75. The van der Waals surface area contributed by atoms with Crippen molar-refractivity contribution in [2.75, 3.05) is 18.6 Å². The lowest BCUT2D eigenvalue weighted by molar-refractivity contribution is -0.125. The molecule has 1 heterocycles. The first kappa shape index (κ1) is 15.4. The molecule has 0 saturated carbocycles. The Morgan fingerprint density at radius 1 is 1.47 bits per heavy atom. The van der Waals surface area contributed by atoms with E-state index in [1.807, 2.05) is 27.7 Å². The zero-order valence-electron chi connectivity index (χ0n) is 12.2. The summed E-state index contributed by atoms with van der Waals surface area (Å²) in [6.07, 6.45) is 1.55. The summed E-state index contributed by atoms with van der Waals surface area (Å²) in [5.41, 5.74) is 0.165. The number of aromatic nitrogens is 1. The number of methoxy groups -OCH3 is 1. The molecule has 0 aromatic carbocycles. The summed E-state index contributed by atoms with van der Waals surface area (Å²) in [6, 6.07) is 1.70. The molecule has 0 bridgehead atoms. The van der Waals surface area contributed by atoms with Crippen LogP contribution in [0.1, 0.15) is 33.3 Å². The van der Waals surface area contributed by atoms with Crippen molar-refractivity contribution in [2.45, 2.75) is 34.3 Å². The molecule has 1 rings (SSSR count). The fourth-order valence-electron chi connectivity index (χ4n) is 1.71. The van der Waals surface area contributed by atoms with Gasteiger partial charge in [-0.3, -0.25) is 9.69 Å². The normalized spacial score (nSPS) is 11.3. The highest BCUT2D eigenvalue weighted by Gasteiger charge is 2.29. The minimum atomic E-state index is -0.488. The number of aliphatic hydroxyl groups excluding tert-OH is 1. The highest BCUT2D eigenvalue weighted by molar-refractivity contribution is 5.97. The number of hydrogen-bond donors (Lipinski definition) is 1. The largest absolute Gasteiger partial charge is 0.493 e. The topological polar surface area (TPSA) is 62.7 Å². The van der Waals surface area contributed by atoms with Crippen molar-refractivity contribution in [1.82, 2.24) is 4.98 Å². The van der Waals surface area contributed by atoms with Crippen molar-refractivity contribution in [3.63, 3.8) is 0 Å². The zero-order valence-corrected chi connectivity index (χ0v) is 12.2. The number of carbonyl (C=O) groups excluding carboxylic acids is 1.